The fourth-order valence-corrected chi connectivity index (χ4v) is 2.02. The van der Waals surface area contributed by atoms with Crippen LogP contribution in [0.5, 0.6) is 0 Å². The first-order valence-corrected chi connectivity index (χ1v) is 6.63. The van der Waals surface area contributed by atoms with Gasteiger partial charge in [0, 0.05) is 17.8 Å². The molecule has 0 atom stereocenters. The third-order valence-corrected chi connectivity index (χ3v) is 3.40. The van der Waals surface area contributed by atoms with Gasteiger partial charge in [0.2, 0.25) is 0 Å². The van der Waals surface area contributed by atoms with Crippen LogP contribution in [-0.4, -0.2) is 11.5 Å². The van der Waals surface area contributed by atoms with E-state index in [0.29, 0.717) is 10.9 Å². The summed E-state index contributed by atoms with van der Waals surface area (Å²) < 4.78 is 0. The van der Waals surface area contributed by atoms with Crippen LogP contribution < -0.4 is 11.1 Å². The molecule has 3 heteroatoms. The van der Waals surface area contributed by atoms with E-state index >= 15 is 0 Å². The molecule has 0 amide bonds. The van der Waals surface area contributed by atoms with Crippen molar-refractivity contribution in [3.63, 3.8) is 0 Å². The normalized spacial score (nSPS) is 10.6. The summed E-state index contributed by atoms with van der Waals surface area (Å²) >= 11 is 5.08. The quantitative estimate of drug-likeness (QED) is 0.759. The molecule has 17 heavy (non-hydrogen) atoms. The molecule has 0 heterocycles. The topological polar surface area (TPSA) is 38.0 Å². The van der Waals surface area contributed by atoms with Crippen LogP contribution >= 0.6 is 12.2 Å². The highest BCUT2D eigenvalue weighted by Gasteiger charge is 2.07. The number of anilines is 1. The highest BCUT2D eigenvalue weighted by atomic mass is 32.1. The van der Waals surface area contributed by atoms with Crippen LogP contribution in [0, 0.1) is 12.8 Å². The summed E-state index contributed by atoms with van der Waals surface area (Å²) in [5.41, 5.74) is 8.93. The lowest BCUT2D eigenvalue weighted by Gasteiger charge is -2.17. The number of nitrogens with one attached hydrogen (secondary N) is 1. The van der Waals surface area contributed by atoms with Crippen molar-refractivity contribution in [3.05, 3.63) is 29.3 Å². The lowest BCUT2D eigenvalue weighted by atomic mass is 10.0. The molecule has 0 aliphatic rings. The Morgan fingerprint density at radius 2 is 2.00 bits per heavy atom. The zero-order valence-electron chi connectivity index (χ0n) is 10.9. The molecular formula is C14H22N2S. The SMILES string of the molecule is CCC(CC)CNc1ccc(C)cc1C(N)=S. The number of aryl methyl sites for hydroxylation is 1. The van der Waals surface area contributed by atoms with Gasteiger partial charge in [-0.15, -0.1) is 0 Å². The van der Waals surface area contributed by atoms with Crippen molar-refractivity contribution in [2.75, 3.05) is 11.9 Å². The highest BCUT2D eigenvalue weighted by Crippen LogP contribution is 2.18. The third kappa shape index (κ3) is 4.00. The maximum Gasteiger partial charge on any atom is 0.106 e. The Hall–Kier alpha value is -1.09. The monoisotopic (exact) mass is 250 g/mol. The molecule has 0 fully saturated rings. The zero-order valence-corrected chi connectivity index (χ0v) is 11.7. The molecule has 0 radical (unpaired) electrons. The Morgan fingerprint density at radius 1 is 1.35 bits per heavy atom. The first kappa shape index (κ1) is 14.0. The Labute approximate surface area is 110 Å². The molecule has 0 bridgehead atoms. The van der Waals surface area contributed by atoms with Gasteiger partial charge in [0.15, 0.2) is 0 Å². The molecule has 0 aliphatic heterocycles. The van der Waals surface area contributed by atoms with Crippen molar-refractivity contribution >= 4 is 22.9 Å². The minimum atomic E-state index is 0.459. The third-order valence-electron chi connectivity index (χ3n) is 3.18. The molecule has 3 N–H and O–H groups in total. The van der Waals surface area contributed by atoms with Crippen LogP contribution in [0.2, 0.25) is 0 Å². The molecule has 0 aliphatic carbocycles. The summed E-state index contributed by atoms with van der Waals surface area (Å²) in [5.74, 6) is 0.704. The summed E-state index contributed by atoms with van der Waals surface area (Å²) in [4.78, 5) is 0.459. The van der Waals surface area contributed by atoms with E-state index in [1.54, 1.807) is 0 Å². The average molecular weight is 250 g/mol. The summed E-state index contributed by atoms with van der Waals surface area (Å²) in [6, 6.07) is 6.18. The van der Waals surface area contributed by atoms with Crippen molar-refractivity contribution in [1.29, 1.82) is 0 Å². The molecule has 0 aromatic heterocycles. The van der Waals surface area contributed by atoms with Crippen LogP contribution in [-0.2, 0) is 0 Å². The van der Waals surface area contributed by atoms with Crippen molar-refractivity contribution in [1.82, 2.24) is 0 Å². The summed E-state index contributed by atoms with van der Waals surface area (Å²) in [6.45, 7) is 7.47. The van der Waals surface area contributed by atoms with E-state index in [-0.39, 0.29) is 0 Å². The van der Waals surface area contributed by atoms with Crippen molar-refractivity contribution < 1.29 is 0 Å². The van der Waals surface area contributed by atoms with Gasteiger partial charge in [0.1, 0.15) is 4.99 Å². The maximum atomic E-state index is 5.75. The Morgan fingerprint density at radius 3 is 2.53 bits per heavy atom. The van der Waals surface area contributed by atoms with Crippen molar-refractivity contribution in [2.24, 2.45) is 11.7 Å². The fourth-order valence-electron chi connectivity index (χ4n) is 1.85. The fraction of sp³-hybridized carbons (Fsp3) is 0.500. The maximum absolute atomic E-state index is 5.75. The van der Waals surface area contributed by atoms with Crippen molar-refractivity contribution in [2.45, 2.75) is 33.6 Å². The van der Waals surface area contributed by atoms with Crippen LogP contribution in [0.1, 0.15) is 37.8 Å². The Bertz CT molecular complexity index is 384. The minimum absolute atomic E-state index is 0.459. The van der Waals surface area contributed by atoms with Crippen molar-refractivity contribution in [3.8, 4) is 0 Å². The smallest absolute Gasteiger partial charge is 0.106 e. The van der Waals surface area contributed by atoms with Crippen LogP contribution in [0.4, 0.5) is 5.69 Å². The molecule has 0 saturated carbocycles. The first-order valence-electron chi connectivity index (χ1n) is 6.22. The van der Waals surface area contributed by atoms with Gasteiger partial charge in [-0.3, -0.25) is 0 Å². The lowest BCUT2D eigenvalue weighted by molar-refractivity contribution is 0.519. The highest BCUT2D eigenvalue weighted by molar-refractivity contribution is 7.80. The summed E-state index contributed by atoms with van der Waals surface area (Å²) in [5, 5.41) is 3.46. The summed E-state index contributed by atoms with van der Waals surface area (Å²) in [7, 11) is 0. The molecule has 0 spiro atoms. The predicted molar refractivity (Wildman–Crippen MR) is 79.6 cm³/mol. The Balaban J connectivity index is 2.80. The molecular weight excluding hydrogens is 228 g/mol. The van der Waals surface area contributed by atoms with E-state index < -0.39 is 0 Å². The van der Waals surface area contributed by atoms with Crippen LogP contribution in [0.3, 0.4) is 0 Å². The second-order valence-corrected chi connectivity index (χ2v) is 4.92. The average Bonchev–Trinajstić information content (AvgIpc) is 2.31. The molecule has 94 valence electrons. The molecule has 1 aromatic carbocycles. The first-order chi connectivity index (χ1) is 8.08. The van der Waals surface area contributed by atoms with Gasteiger partial charge in [-0.25, -0.2) is 0 Å². The van der Waals surface area contributed by atoms with Gasteiger partial charge in [0.05, 0.1) is 0 Å². The Kier molecular flexibility index (Phi) is 5.42. The second-order valence-electron chi connectivity index (χ2n) is 4.48. The van der Waals surface area contributed by atoms with E-state index in [2.05, 4.69) is 31.3 Å². The number of hydrogen-bond donors (Lipinski definition) is 2. The predicted octanol–water partition coefficient (Wildman–Crippen LogP) is 3.48. The number of nitrogens with two attached hydrogens (primary N) is 1. The second kappa shape index (κ2) is 6.60. The standard InChI is InChI=1S/C14H22N2S/c1-4-11(5-2)9-16-13-7-6-10(3)8-12(13)14(15)17/h6-8,11,16H,4-5,9H2,1-3H3,(H2,15,17). The zero-order chi connectivity index (χ0) is 12.8. The molecule has 0 unspecified atom stereocenters. The molecule has 1 rings (SSSR count). The number of hydrogen-bond acceptors (Lipinski definition) is 2. The molecule has 1 aromatic rings. The van der Waals surface area contributed by atoms with Gasteiger partial charge in [-0.1, -0.05) is 50.5 Å². The number of thiocarbonyl (C=S) groups is 1. The summed E-state index contributed by atoms with van der Waals surface area (Å²) in [6.07, 6.45) is 2.38. The van der Waals surface area contributed by atoms with Gasteiger partial charge < -0.3 is 11.1 Å². The van der Waals surface area contributed by atoms with Gasteiger partial charge >= 0.3 is 0 Å². The largest absolute Gasteiger partial charge is 0.389 e. The van der Waals surface area contributed by atoms with E-state index in [1.165, 1.54) is 18.4 Å². The van der Waals surface area contributed by atoms with E-state index in [0.717, 1.165) is 17.8 Å². The minimum Gasteiger partial charge on any atom is -0.389 e. The van der Waals surface area contributed by atoms with E-state index in [4.69, 9.17) is 18.0 Å². The van der Waals surface area contributed by atoms with Crippen LogP contribution in [0.25, 0.3) is 0 Å². The number of benzene rings is 1. The van der Waals surface area contributed by atoms with Gasteiger partial charge in [-0.05, 0) is 25.0 Å². The van der Waals surface area contributed by atoms with Crippen LogP contribution in [0.15, 0.2) is 18.2 Å². The van der Waals surface area contributed by atoms with E-state index in [9.17, 15) is 0 Å². The lowest BCUT2D eigenvalue weighted by Crippen LogP contribution is -2.17. The van der Waals surface area contributed by atoms with Gasteiger partial charge in [0.25, 0.3) is 0 Å². The van der Waals surface area contributed by atoms with Gasteiger partial charge in [-0.2, -0.15) is 0 Å². The van der Waals surface area contributed by atoms with E-state index in [1.807, 2.05) is 13.0 Å². The molecule has 0 saturated heterocycles. The molecule has 2 nitrogen and oxygen atoms in total. The number of rotatable bonds is 6.